The van der Waals surface area contributed by atoms with Gasteiger partial charge in [0, 0.05) is 29.9 Å². The molecule has 0 bridgehead atoms. The van der Waals surface area contributed by atoms with Gasteiger partial charge in [0.15, 0.2) is 0 Å². The Bertz CT molecular complexity index is 753. The molecule has 1 heterocycles. The van der Waals surface area contributed by atoms with Crippen molar-refractivity contribution in [2.45, 2.75) is 0 Å². The summed E-state index contributed by atoms with van der Waals surface area (Å²) in [5.41, 5.74) is 4.03. The van der Waals surface area contributed by atoms with Crippen LogP contribution in [-0.4, -0.2) is 31.0 Å². The summed E-state index contributed by atoms with van der Waals surface area (Å²) in [6.07, 6.45) is 3.95. The van der Waals surface area contributed by atoms with Crippen LogP contribution in [0.3, 0.4) is 0 Å². The molecule has 1 N–H and O–H groups in total. The monoisotopic (exact) mass is 312 g/mol. The number of benzodiazepines with no additional fused rings is 1. The van der Waals surface area contributed by atoms with Gasteiger partial charge in [0.2, 0.25) is 0 Å². The van der Waals surface area contributed by atoms with Crippen molar-refractivity contribution in [3.8, 4) is 5.75 Å². The van der Waals surface area contributed by atoms with Crippen molar-refractivity contribution >= 4 is 29.1 Å². The third-order valence-corrected chi connectivity index (χ3v) is 3.90. The van der Waals surface area contributed by atoms with Crippen LogP contribution in [0.5, 0.6) is 5.75 Å². The summed E-state index contributed by atoms with van der Waals surface area (Å²) in [4.78, 5) is 6.83. The molecule has 1 aliphatic rings. The van der Waals surface area contributed by atoms with Crippen molar-refractivity contribution < 1.29 is 5.11 Å². The van der Waals surface area contributed by atoms with Gasteiger partial charge in [0.25, 0.3) is 0 Å². The fourth-order valence-corrected chi connectivity index (χ4v) is 2.68. The van der Waals surface area contributed by atoms with Gasteiger partial charge in [-0.05, 0) is 42.0 Å². The molecule has 112 valence electrons. The first kappa shape index (κ1) is 14.7. The molecule has 0 aromatic heterocycles. The molecule has 3 nitrogen and oxygen atoms in total. The molecule has 2 aromatic rings. The Balaban J connectivity index is 1.97. The van der Waals surface area contributed by atoms with E-state index in [-0.39, 0.29) is 5.75 Å². The van der Waals surface area contributed by atoms with Crippen molar-refractivity contribution in [3.63, 3.8) is 0 Å². The van der Waals surface area contributed by atoms with E-state index >= 15 is 0 Å². The van der Waals surface area contributed by atoms with Crippen molar-refractivity contribution in [2.24, 2.45) is 4.99 Å². The lowest BCUT2D eigenvalue weighted by atomic mass is 10.1. The number of nitrogens with zero attached hydrogens (tertiary/aromatic N) is 2. The molecule has 2 aromatic carbocycles. The number of hydrogen-bond acceptors (Lipinski definition) is 3. The summed E-state index contributed by atoms with van der Waals surface area (Å²) in [6.45, 7) is 1.60. The van der Waals surface area contributed by atoms with Gasteiger partial charge in [0.1, 0.15) is 5.75 Å². The number of fused-ring (bicyclic) bond motifs is 1. The fourth-order valence-electron chi connectivity index (χ4n) is 2.51. The summed E-state index contributed by atoms with van der Waals surface area (Å²) in [6, 6.07) is 13.0. The Morgan fingerprint density at radius 1 is 1.18 bits per heavy atom. The third kappa shape index (κ3) is 3.15. The van der Waals surface area contributed by atoms with Crippen LogP contribution in [0.1, 0.15) is 11.1 Å². The quantitative estimate of drug-likeness (QED) is 0.910. The van der Waals surface area contributed by atoms with E-state index < -0.39 is 0 Å². The highest BCUT2D eigenvalue weighted by Crippen LogP contribution is 2.27. The number of aromatic hydroxyl groups is 1. The van der Waals surface area contributed by atoms with Crippen LogP contribution in [0.2, 0.25) is 5.02 Å². The number of anilines is 1. The van der Waals surface area contributed by atoms with Gasteiger partial charge in [-0.15, -0.1) is 0 Å². The molecule has 0 fully saturated rings. The average Bonchev–Trinajstić information content (AvgIpc) is 2.65. The van der Waals surface area contributed by atoms with E-state index in [4.69, 9.17) is 11.6 Å². The van der Waals surface area contributed by atoms with Crippen LogP contribution in [0.25, 0.3) is 6.08 Å². The highest BCUT2D eigenvalue weighted by atomic mass is 35.5. The van der Waals surface area contributed by atoms with Crippen LogP contribution >= 0.6 is 11.6 Å². The van der Waals surface area contributed by atoms with E-state index in [9.17, 15) is 5.11 Å². The zero-order valence-electron chi connectivity index (χ0n) is 12.3. The standard InChI is InChI=1S/C18H17ClN2O/c1-21-10-9-20-17(16-7-6-14(19)12-18(16)21)8-5-13-3-2-4-15(22)11-13/h2-8,11-12,22H,9-10H2,1H3/b8-5+. The number of phenols is 1. The molecular weight excluding hydrogens is 296 g/mol. The van der Waals surface area contributed by atoms with Gasteiger partial charge in [-0.2, -0.15) is 0 Å². The van der Waals surface area contributed by atoms with Gasteiger partial charge in [-0.3, -0.25) is 4.99 Å². The van der Waals surface area contributed by atoms with Crippen molar-refractivity contribution in [1.29, 1.82) is 0 Å². The molecule has 0 aliphatic carbocycles. The number of hydrogen-bond donors (Lipinski definition) is 1. The molecule has 3 rings (SSSR count). The SMILES string of the molecule is CN1CCN=C(/C=C/c2cccc(O)c2)c2ccc(Cl)cc21. The zero-order chi connectivity index (χ0) is 15.5. The van der Waals surface area contributed by atoms with E-state index in [0.717, 1.165) is 40.6 Å². The summed E-state index contributed by atoms with van der Waals surface area (Å²) < 4.78 is 0. The number of allylic oxidation sites excluding steroid dienone is 1. The largest absolute Gasteiger partial charge is 0.508 e. The molecular formula is C18H17ClN2O. The molecule has 22 heavy (non-hydrogen) atoms. The van der Waals surface area contributed by atoms with Gasteiger partial charge < -0.3 is 10.0 Å². The number of rotatable bonds is 2. The van der Waals surface area contributed by atoms with Crippen molar-refractivity contribution in [3.05, 3.63) is 64.7 Å². The van der Waals surface area contributed by atoms with Crippen LogP contribution in [0.15, 0.2) is 53.5 Å². The predicted octanol–water partition coefficient (Wildman–Crippen LogP) is 4.00. The smallest absolute Gasteiger partial charge is 0.116 e. The lowest BCUT2D eigenvalue weighted by Gasteiger charge is -2.19. The van der Waals surface area contributed by atoms with Crippen LogP contribution in [0.4, 0.5) is 5.69 Å². The topological polar surface area (TPSA) is 35.8 Å². The van der Waals surface area contributed by atoms with Gasteiger partial charge in [-0.1, -0.05) is 29.8 Å². The Kier molecular flexibility index (Phi) is 4.16. The molecule has 1 aliphatic heterocycles. The molecule has 0 saturated heterocycles. The maximum absolute atomic E-state index is 9.53. The summed E-state index contributed by atoms with van der Waals surface area (Å²) >= 11 is 6.12. The summed E-state index contributed by atoms with van der Waals surface area (Å²) in [5, 5.41) is 10.3. The fraction of sp³-hybridized carbons (Fsp3) is 0.167. The highest BCUT2D eigenvalue weighted by Gasteiger charge is 2.14. The number of benzene rings is 2. The minimum Gasteiger partial charge on any atom is -0.508 e. The van der Waals surface area contributed by atoms with E-state index in [1.807, 2.05) is 49.5 Å². The van der Waals surface area contributed by atoms with Crippen LogP contribution in [-0.2, 0) is 0 Å². The van der Waals surface area contributed by atoms with Crippen LogP contribution in [0, 0.1) is 0 Å². The van der Waals surface area contributed by atoms with Gasteiger partial charge in [0.05, 0.1) is 12.3 Å². The van der Waals surface area contributed by atoms with Gasteiger partial charge >= 0.3 is 0 Å². The Labute approximate surface area is 135 Å². The Morgan fingerprint density at radius 2 is 2.05 bits per heavy atom. The van der Waals surface area contributed by atoms with Crippen LogP contribution < -0.4 is 4.90 Å². The molecule has 0 atom stereocenters. The first-order valence-corrected chi connectivity index (χ1v) is 7.54. The summed E-state index contributed by atoms with van der Waals surface area (Å²) in [7, 11) is 2.05. The highest BCUT2D eigenvalue weighted by molar-refractivity contribution is 6.31. The zero-order valence-corrected chi connectivity index (χ0v) is 13.1. The maximum Gasteiger partial charge on any atom is 0.116 e. The van der Waals surface area contributed by atoms with E-state index in [1.165, 1.54) is 0 Å². The second-order valence-electron chi connectivity index (χ2n) is 5.28. The average molecular weight is 313 g/mol. The van der Waals surface area contributed by atoms with E-state index in [2.05, 4.69) is 9.89 Å². The molecule has 0 radical (unpaired) electrons. The lowest BCUT2D eigenvalue weighted by Crippen LogP contribution is -2.20. The molecule has 0 unspecified atom stereocenters. The van der Waals surface area contributed by atoms with E-state index in [1.54, 1.807) is 12.1 Å². The number of phenolic OH excluding ortho intramolecular Hbond substituents is 1. The predicted molar refractivity (Wildman–Crippen MR) is 93.3 cm³/mol. The Morgan fingerprint density at radius 3 is 2.86 bits per heavy atom. The van der Waals surface area contributed by atoms with E-state index in [0.29, 0.717) is 0 Å². The number of aliphatic imine (C=N–C) groups is 1. The first-order chi connectivity index (χ1) is 10.6. The minimum atomic E-state index is 0.261. The Hall–Kier alpha value is -2.26. The minimum absolute atomic E-state index is 0.261. The summed E-state index contributed by atoms with van der Waals surface area (Å²) in [5.74, 6) is 0.261. The molecule has 0 spiro atoms. The van der Waals surface area contributed by atoms with Crippen molar-refractivity contribution in [2.75, 3.05) is 25.0 Å². The molecule has 0 saturated carbocycles. The van der Waals surface area contributed by atoms with Gasteiger partial charge in [-0.25, -0.2) is 0 Å². The van der Waals surface area contributed by atoms with Crippen molar-refractivity contribution in [1.82, 2.24) is 0 Å². The lowest BCUT2D eigenvalue weighted by molar-refractivity contribution is 0.475. The second kappa shape index (κ2) is 6.24. The first-order valence-electron chi connectivity index (χ1n) is 7.16. The maximum atomic E-state index is 9.53. The number of halogens is 1. The third-order valence-electron chi connectivity index (χ3n) is 3.67. The normalized spacial score (nSPS) is 14.6. The number of likely N-dealkylation sites (N-methyl/N-ethyl adjacent to an activating group) is 1. The molecule has 4 heteroatoms. The molecule has 0 amide bonds. The second-order valence-corrected chi connectivity index (χ2v) is 5.71.